The van der Waals surface area contributed by atoms with Crippen LogP contribution in [0.5, 0.6) is 0 Å². The van der Waals surface area contributed by atoms with Gasteiger partial charge in [0, 0.05) is 0 Å². The van der Waals surface area contributed by atoms with Crippen LogP contribution in [0.2, 0.25) is 0 Å². The Morgan fingerprint density at radius 1 is 1.05 bits per heavy atom. The number of ether oxygens (including phenoxy) is 5. The van der Waals surface area contributed by atoms with Crippen molar-refractivity contribution in [3.05, 3.63) is 0 Å². The van der Waals surface area contributed by atoms with Crippen molar-refractivity contribution in [2.24, 2.45) is 0 Å². The first-order chi connectivity index (χ1) is 9.69. The van der Waals surface area contributed by atoms with Crippen molar-refractivity contribution < 1.29 is 28.1 Å². The highest BCUT2D eigenvalue weighted by atomic mass is 19.1. The Morgan fingerprint density at radius 3 is 2.24 bits per heavy atom. The molecule has 5 nitrogen and oxygen atoms in total. The first-order valence-corrected chi connectivity index (χ1v) is 7.62. The lowest BCUT2D eigenvalue weighted by Gasteiger charge is -2.30. The van der Waals surface area contributed by atoms with E-state index in [0.29, 0.717) is 6.61 Å². The molecule has 0 unspecified atom stereocenters. The van der Waals surface area contributed by atoms with Crippen LogP contribution in [0.1, 0.15) is 41.5 Å². The number of fused-ring (bicyclic) bond motifs is 1. The zero-order valence-electron chi connectivity index (χ0n) is 13.7. The van der Waals surface area contributed by atoms with Crippen LogP contribution in [0.4, 0.5) is 4.39 Å². The van der Waals surface area contributed by atoms with E-state index in [1.54, 1.807) is 13.8 Å². The van der Waals surface area contributed by atoms with E-state index in [9.17, 15) is 4.39 Å². The second-order valence-corrected chi connectivity index (χ2v) is 6.62. The lowest BCUT2D eigenvalue weighted by atomic mass is 10.1. The van der Waals surface area contributed by atoms with Crippen LogP contribution in [-0.2, 0) is 23.7 Å². The van der Waals surface area contributed by atoms with Gasteiger partial charge in [-0.3, -0.25) is 0 Å². The number of alkyl halides is 1. The lowest BCUT2D eigenvalue weighted by molar-refractivity contribution is -0.225. The average Bonchev–Trinajstić information content (AvgIpc) is 2.79. The number of rotatable bonds is 6. The second-order valence-electron chi connectivity index (χ2n) is 6.62. The van der Waals surface area contributed by atoms with Crippen molar-refractivity contribution in [1.82, 2.24) is 0 Å². The molecule has 124 valence electrons. The van der Waals surface area contributed by atoms with Crippen molar-refractivity contribution in [3.63, 3.8) is 0 Å². The van der Waals surface area contributed by atoms with E-state index in [4.69, 9.17) is 23.7 Å². The fourth-order valence-corrected chi connectivity index (χ4v) is 2.73. The molecule has 5 atom stereocenters. The van der Waals surface area contributed by atoms with E-state index in [1.807, 2.05) is 27.7 Å². The first-order valence-electron chi connectivity index (χ1n) is 7.62. The molecule has 2 heterocycles. The third-order valence-electron chi connectivity index (χ3n) is 3.44. The molecule has 6 heteroatoms. The molecule has 0 aromatic rings. The second kappa shape index (κ2) is 6.46. The van der Waals surface area contributed by atoms with Crippen LogP contribution in [0, 0.1) is 0 Å². The topological polar surface area (TPSA) is 46.2 Å². The van der Waals surface area contributed by atoms with Gasteiger partial charge in [0.1, 0.15) is 24.4 Å². The molecule has 0 saturated carbocycles. The van der Waals surface area contributed by atoms with Gasteiger partial charge in [0.15, 0.2) is 5.79 Å². The van der Waals surface area contributed by atoms with Gasteiger partial charge in [-0.2, -0.15) is 0 Å². The van der Waals surface area contributed by atoms with Gasteiger partial charge < -0.3 is 23.7 Å². The highest BCUT2D eigenvalue weighted by Gasteiger charge is 2.58. The summed E-state index contributed by atoms with van der Waals surface area (Å²) >= 11 is 0. The molecule has 0 radical (unpaired) electrons. The van der Waals surface area contributed by atoms with Crippen LogP contribution in [0.15, 0.2) is 0 Å². The third-order valence-corrected chi connectivity index (χ3v) is 3.44. The zero-order chi connectivity index (χ0) is 15.8. The summed E-state index contributed by atoms with van der Waals surface area (Å²) in [6.45, 7) is 11.6. The van der Waals surface area contributed by atoms with Gasteiger partial charge in [-0.15, -0.1) is 0 Å². The maximum atomic E-state index is 14.0. The summed E-state index contributed by atoms with van der Waals surface area (Å²) in [6, 6.07) is 0. The highest BCUT2D eigenvalue weighted by molar-refractivity contribution is 4.98. The maximum Gasteiger partial charge on any atom is 0.228 e. The predicted octanol–water partition coefficient (Wildman–Crippen LogP) is 2.42. The average molecular weight is 306 g/mol. The largest absolute Gasteiger partial charge is 0.376 e. The molecule has 0 aliphatic carbocycles. The highest BCUT2D eigenvalue weighted by Crippen LogP contribution is 2.40. The van der Waals surface area contributed by atoms with Crippen LogP contribution < -0.4 is 0 Å². The van der Waals surface area contributed by atoms with Crippen LogP contribution >= 0.6 is 0 Å². The summed E-state index contributed by atoms with van der Waals surface area (Å²) in [6.07, 6.45) is -3.55. The Morgan fingerprint density at radius 2 is 1.67 bits per heavy atom. The van der Waals surface area contributed by atoms with Gasteiger partial charge in [0.25, 0.3) is 0 Å². The predicted molar refractivity (Wildman–Crippen MR) is 74.7 cm³/mol. The van der Waals surface area contributed by atoms with E-state index in [1.165, 1.54) is 0 Å². The molecule has 21 heavy (non-hydrogen) atoms. The molecule has 2 rings (SSSR count). The molecular weight excluding hydrogens is 279 g/mol. The van der Waals surface area contributed by atoms with Crippen LogP contribution in [0.25, 0.3) is 0 Å². The fraction of sp³-hybridized carbons (Fsp3) is 1.00. The minimum atomic E-state index is -1.50. The van der Waals surface area contributed by atoms with E-state index >= 15 is 0 Å². The smallest absolute Gasteiger partial charge is 0.228 e. The van der Waals surface area contributed by atoms with Crippen LogP contribution in [-0.4, -0.2) is 55.4 Å². The third kappa shape index (κ3) is 4.13. The maximum absolute atomic E-state index is 14.0. The Balaban J connectivity index is 2.08. The normalized spacial score (nSPS) is 36.4. The molecular formula is C15H27FO5. The Bertz CT molecular complexity index is 347. The summed E-state index contributed by atoms with van der Waals surface area (Å²) in [5, 5.41) is 0. The quantitative estimate of drug-likeness (QED) is 0.754. The summed E-state index contributed by atoms with van der Waals surface area (Å²) in [5.74, 6) is -0.803. The van der Waals surface area contributed by atoms with Crippen molar-refractivity contribution in [1.29, 1.82) is 0 Å². The SMILES string of the molecule is CC(C)OC[C@@H](OC(C)C)[C@H]1O[C@@H](F)[C@H]2OC(C)(C)O[C@H]21. The fourth-order valence-electron chi connectivity index (χ4n) is 2.73. The Kier molecular flexibility index (Phi) is 5.26. The molecule has 2 saturated heterocycles. The number of hydrogen-bond donors (Lipinski definition) is 0. The van der Waals surface area contributed by atoms with E-state index in [0.717, 1.165) is 0 Å². The monoisotopic (exact) mass is 306 g/mol. The number of hydrogen-bond acceptors (Lipinski definition) is 5. The summed E-state index contributed by atoms with van der Waals surface area (Å²) in [7, 11) is 0. The zero-order valence-corrected chi connectivity index (χ0v) is 13.7. The van der Waals surface area contributed by atoms with Gasteiger partial charge >= 0.3 is 0 Å². The van der Waals surface area contributed by atoms with Crippen molar-refractivity contribution >= 4 is 0 Å². The first kappa shape index (κ1) is 17.1. The molecule has 0 N–H and O–H groups in total. The van der Waals surface area contributed by atoms with Crippen molar-refractivity contribution in [2.45, 2.75) is 90.3 Å². The molecule has 0 aromatic heterocycles. The van der Waals surface area contributed by atoms with Crippen LogP contribution in [0.3, 0.4) is 0 Å². The Hall–Kier alpha value is -0.270. The minimum absolute atomic E-state index is 0.0122. The standard InChI is InChI=1S/C15H27FO5/c1-8(2)17-7-10(18-9(3)4)11-12-13(14(16)19-11)21-15(5,6)20-12/h8-14H,7H2,1-6H3/t10-,11-,12+,13+,14-/m1/s1. The molecule has 0 aromatic carbocycles. The summed E-state index contributed by atoms with van der Waals surface area (Å²) in [5.41, 5.74) is 0. The van der Waals surface area contributed by atoms with Gasteiger partial charge in [0.05, 0.1) is 18.8 Å². The van der Waals surface area contributed by atoms with E-state index < -0.39 is 36.6 Å². The molecule has 0 amide bonds. The summed E-state index contributed by atoms with van der Waals surface area (Å²) < 4.78 is 42.3. The van der Waals surface area contributed by atoms with E-state index in [2.05, 4.69) is 0 Å². The van der Waals surface area contributed by atoms with Gasteiger partial charge in [-0.25, -0.2) is 4.39 Å². The minimum Gasteiger partial charge on any atom is -0.376 e. The van der Waals surface area contributed by atoms with Gasteiger partial charge in [-0.1, -0.05) is 0 Å². The molecule has 2 aliphatic heterocycles. The van der Waals surface area contributed by atoms with Gasteiger partial charge in [0.2, 0.25) is 6.36 Å². The molecule has 2 aliphatic rings. The van der Waals surface area contributed by atoms with Crippen molar-refractivity contribution in [2.75, 3.05) is 6.61 Å². The number of halogens is 1. The summed E-state index contributed by atoms with van der Waals surface area (Å²) in [4.78, 5) is 0. The molecule has 0 bridgehead atoms. The van der Waals surface area contributed by atoms with Crippen molar-refractivity contribution in [3.8, 4) is 0 Å². The van der Waals surface area contributed by atoms with E-state index in [-0.39, 0.29) is 12.2 Å². The molecule has 0 spiro atoms. The van der Waals surface area contributed by atoms with Gasteiger partial charge in [-0.05, 0) is 41.5 Å². The Labute approximate surface area is 126 Å². The lowest BCUT2D eigenvalue weighted by Crippen LogP contribution is -2.44. The molecule has 2 fully saturated rings.